The Labute approximate surface area is 146 Å². The minimum atomic E-state index is 0.124. The molecule has 4 heteroatoms. The highest BCUT2D eigenvalue weighted by molar-refractivity contribution is 8.18. The second kappa shape index (κ2) is 4.71. The molecule has 0 amide bonds. The molecule has 3 fully saturated rings. The maximum Gasteiger partial charge on any atom is 0.102 e. The molecule has 1 aromatic carbocycles. The summed E-state index contributed by atoms with van der Waals surface area (Å²) in [5.41, 5.74) is 2.15. The van der Waals surface area contributed by atoms with Crippen LogP contribution in [0.1, 0.15) is 44.2 Å². The Morgan fingerprint density at radius 3 is 2.48 bits per heavy atom. The molecule has 3 saturated carbocycles. The normalized spacial score (nSPS) is 37.6. The zero-order valence-electron chi connectivity index (χ0n) is 13.7. The zero-order valence-corrected chi connectivity index (χ0v) is 15.4. The van der Waals surface area contributed by atoms with Crippen LogP contribution >= 0.6 is 23.5 Å². The monoisotopic (exact) mass is 340 g/mol. The SMILES string of the molecule is CCC(SC)(Sc1cccc(C#N)c1C#N)C1(CC)C2C3CC321. The van der Waals surface area contributed by atoms with Gasteiger partial charge in [-0.15, -0.1) is 23.5 Å². The third-order valence-corrected chi connectivity index (χ3v) is 10.4. The summed E-state index contributed by atoms with van der Waals surface area (Å²) < 4.78 is 0.124. The van der Waals surface area contributed by atoms with Gasteiger partial charge in [0.1, 0.15) is 12.1 Å². The van der Waals surface area contributed by atoms with Gasteiger partial charge in [0.25, 0.3) is 0 Å². The Hall–Kier alpha value is -1.10. The summed E-state index contributed by atoms with van der Waals surface area (Å²) in [4.78, 5) is 0.982. The summed E-state index contributed by atoms with van der Waals surface area (Å²) in [6.07, 6.45) is 5.98. The minimum absolute atomic E-state index is 0.124. The van der Waals surface area contributed by atoms with Crippen molar-refractivity contribution in [3.8, 4) is 12.1 Å². The van der Waals surface area contributed by atoms with Crippen molar-refractivity contribution in [3.63, 3.8) is 0 Å². The van der Waals surface area contributed by atoms with E-state index in [9.17, 15) is 10.5 Å². The van der Waals surface area contributed by atoms with E-state index in [1.54, 1.807) is 6.07 Å². The lowest BCUT2D eigenvalue weighted by Gasteiger charge is -2.42. The molecule has 3 aliphatic carbocycles. The van der Waals surface area contributed by atoms with E-state index < -0.39 is 0 Å². The second-order valence-corrected chi connectivity index (χ2v) is 9.67. The molecular weight excluding hydrogens is 320 g/mol. The molecule has 0 aliphatic heterocycles. The van der Waals surface area contributed by atoms with Gasteiger partial charge in [-0.3, -0.25) is 0 Å². The third-order valence-electron chi connectivity index (χ3n) is 6.75. The zero-order chi connectivity index (χ0) is 16.5. The van der Waals surface area contributed by atoms with E-state index in [0.717, 1.165) is 23.2 Å². The van der Waals surface area contributed by atoms with Gasteiger partial charge in [0.15, 0.2) is 0 Å². The van der Waals surface area contributed by atoms with Crippen LogP contribution in [0.25, 0.3) is 0 Å². The fraction of sp³-hybridized carbons (Fsp3) is 0.579. The molecule has 5 atom stereocenters. The molecule has 0 radical (unpaired) electrons. The van der Waals surface area contributed by atoms with E-state index in [2.05, 4.69) is 32.2 Å². The van der Waals surface area contributed by atoms with Crippen LogP contribution in [-0.4, -0.2) is 10.3 Å². The Bertz CT molecular complexity index is 771. The quantitative estimate of drug-likeness (QED) is 0.538. The van der Waals surface area contributed by atoms with Gasteiger partial charge in [-0.1, -0.05) is 19.9 Å². The number of rotatable bonds is 6. The number of benzene rings is 1. The summed E-state index contributed by atoms with van der Waals surface area (Å²) in [6.45, 7) is 4.63. The van der Waals surface area contributed by atoms with E-state index in [1.807, 2.05) is 35.7 Å². The minimum Gasteiger partial charge on any atom is -0.192 e. The smallest absolute Gasteiger partial charge is 0.102 e. The topological polar surface area (TPSA) is 47.6 Å². The molecule has 3 aliphatic rings. The first-order chi connectivity index (χ1) is 11.1. The van der Waals surface area contributed by atoms with Gasteiger partial charge in [-0.05, 0) is 54.9 Å². The standard InChI is InChI=1S/C19H20N2S2/c1-4-18(16-14-9-17(14,16)18)19(5-2,22-3)23-15-8-6-7-12(10-20)13(15)11-21/h6-8,14,16H,4-5,9H2,1-3H3. The number of nitriles is 2. The van der Waals surface area contributed by atoms with Gasteiger partial charge >= 0.3 is 0 Å². The van der Waals surface area contributed by atoms with Crippen LogP contribution in [0.3, 0.4) is 0 Å². The first-order valence-electron chi connectivity index (χ1n) is 8.29. The average Bonchev–Trinajstić information content (AvgIpc) is 3.50. The van der Waals surface area contributed by atoms with Crippen molar-refractivity contribution in [1.82, 2.24) is 0 Å². The Morgan fingerprint density at radius 2 is 2.04 bits per heavy atom. The van der Waals surface area contributed by atoms with Gasteiger partial charge < -0.3 is 0 Å². The van der Waals surface area contributed by atoms with Crippen molar-refractivity contribution in [1.29, 1.82) is 10.5 Å². The fourth-order valence-electron chi connectivity index (χ4n) is 5.59. The van der Waals surface area contributed by atoms with Crippen LogP contribution in [0.15, 0.2) is 23.1 Å². The molecule has 1 aromatic rings. The third kappa shape index (κ3) is 1.53. The van der Waals surface area contributed by atoms with Crippen LogP contribution < -0.4 is 0 Å². The molecular formula is C19H20N2S2. The van der Waals surface area contributed by atoms with Gasteiger partial charge in [0, 0.05) is 10.3 Å². The predicted molar refractivity (Wildman–Crippen MR) is 95.0 cm³/mol. The van der Waals surface area contributed by atoms with Crippen molar-refractivity contribution in [3.05, 3.63) is 29.3 Å². The van der Waals surface area contributed by atoms with Crippen LogP contribution in [-0.2, 0) is 0 Å². The second-order valence-electron chi connectivity index (χ2n) is 6.97. The van der Waals surface area contributed by atoms with Gasteiger partial charge in [-0.2, -0.15) is 10.5 Å². The van der Waals surface area contributed by atoms with Crippen LogP contribution in [0.4, 0.5) is 0 Å². The largest absolute Gasteiger partial charge is 0.192 e. The molecule has 0 bridgehead atoms. The first kappa shape index (κ1) is 15.4. The molecule has 1 spiro atoms. The maximum atomic E-state index is 9.55. The van der Waals surface area contributed by atoms with Crippen LogP contribution in [0.2, 0.25) is 0 Å². The van der Waals surface area contributed by atoms with E-state index in [0.29, 0.717) is 22.0 Å². The summed E-state index contributed by atoms with van der Waals surface area (Å²) in [5.74, 6) is 1.95. The highest BCUT2D eigenvalue weighted by atomic mass is 32.2. The summed E-state index contributed by atoms with van der Waals surface area (Å²) in [6, 6.07) is 10.1. The number of hydrogen-bond acceptors (Lipinski definition) is 4. The maximum absolute atomic E-state index is 9.55. The molecule has 5 unspecified atom stereocenters. The lowest BCUT2D eigenvalue weighted by molar-refractivity contribution is 0.306. The highest BCUT2D eigenvalue weighted by Gasteiger charge is 3.06. The Kier molecular flexibility index (Phi) is 3.16. The molecule has 0 heterocycles. The summed E-state index contributed by atoms with van der Waals surface area (Å²) in [7, 11) is 0. The van der Waals surface area contributed by atoms with Crippen molar-refractivity contribution >= 4 is 23.5 Å². The molecule has 23 heavy (non-hydrogen) atoms. The van der Waals surface area contributed by atoms with Crippen molar-refractivity contribution in [2.45, 2.75) is 42.1 Å². The molecule has 4 rings (SSSR count). The molecule has 0 aromatic heterocycles. The summed E-state index contributed by atoms with van der Waals surface area (Å²) in [5, 5.41) is 18.8. The Balaban J connectivity index is 1.74. The summed E-state index contributed by atoms with van der Waals surface area (Å²) >= 11 is 3.83. The van der Waals surface area contributed by atoms with Gasteiger partial charge in [-0.25, -0.2) is 0 Å². The van der Waals surface area contributed by atoms with Crippen molar-refractivity contribution in [2.75, 3.05) is 6.26 Å². The number of hydrogen-bond donors (Lipinski definition) is 0. The predicted octanol–water partition coefficient (Wildman–Crippen LogP) is 5.04. The molecule has 2 nitrogen and oxygen atoms in total. The van der Waals surface area contributed by atoms with Gasteiger partial charge in [0.05, 0.1) is 15.2 Å². The fourth-order valence-corrected chi connectivity index (χ4v) is 8.85. The van der Waals surface area contributed by atoms with E-state index in [4.69, 9.17) is 0 Å². The molecule has 0 saturated heterocycles. The van der Waals surface area contributed by atoms with Crippen LogP contribution in [0, 0.1) is 45.3 Å². The van der Waals surface area contributed by atoms with Gasteiger partial charge in [0.2, 0.25) is 0 Å². The van der Waals surface area contributed by atoms with Crippen LogP contribution in [0.5, 0.6) is 0 Å². The Morgan fingerprint density at radius 1 is 1.30 bits per heavy atom. The molecule has 0 N–H and O–H groups in total. The van der Waals surface area contributed by atoms with E-state index >= 15 is 0 Å². The average molecular weight is 341 g/mol. The number of thioether (sulfide) groups is 2. The van der Waals surface area contributed by atoms with Crippen molar-refractivity contribution in [2.24, 2.45) is 22.7 Å². The number of fused-ring (bicyclic) bond motifs is 1. The number of nitrogens with zero attached hydrogens (tertiary/aromatic N) is 2. The highest BCUT2D eigenvalue weighted by Crippen LogP contribution is 3.10. The van der Waals surface area contributed by atoms with Crippen molar-refractivity contribution < 1.29 is 0 Å². The lowest BCUT2D eigenvalue weighted by Crippen LogP contribution is -2.37. The molecule has 118 valence electrons. The van der Waals surface area contributed by atoms with E-state index in [1.165, 1.54) is 12.8 Å². The van der Waals surface area contributed by atoms with E-state index in [-0.39, 0.29) is 4.08 Å². The lowest BCUT2D eigenvalue weighted by atomic mass is 9.85. The first-order valence-corrected chi connectivity index (χ1v) is 10.3.